The molecule has 0 saturated heterocycles. The number of fused-ring (bicyclic) bond motifs is 1. The first-order valence-electron chi connectivity index (χ1n) is 9.87. The Kier molecular flexibility index (Phi) is 5.77. The summed E-state index contributed by atoms with van der Waals surface area (Å²) in [5.41, 5.74) is 4.42. The summed E-state index contributed by atoms with van der Waals surface area (Å²) in [5.74, 6) is 0.716. The van der Waals surface area contributed by atoms with Crippen molar-refractivity contribution in [1.29, 1.82) is 0 Å². The van der Waals surface area contributed by atoms with Gasteiger partial charge < -0.3 is 4.74 Å². The second kappa shape index (κ2) is 8.63. The lowest BCUT2D eigenvalue weighted by atomic mass is 10.1. The van der Waals surface area contributed by atoms with E-state index in [2.05, 4.69) is 11.1 Å². The summed E-state index contributed by atoms with van der Waals surface area (Å²) in [7, 11) is 0. The van der Waals surface area contributed by atoms with Gasteiger partial charge in [0.25, 0.3) is 5.91 Å². The van der Waals surface area contributed by atoms with Crippen molar-refractivity contribution in [2.75, 3.05) is 11.5 Å². The molecule has 0 spiro atoms. The molecule has 2 aromatic heterocycles. The molecule has 0 saturated carbocycles. The molecule has 0 aliphatic carbocycles. The predicted octanol–water partition coefficient (Wildman–Crippen LogP) is 5.55. The minimum Gasteiger partial charge on any atom is -0.494 e. The van der Waals surface area contributed by atoms with Gasteiger partial charge >= 0.3 is 0 Å². The van der Waals surface area contributed by atoms with Crippen LogP contribution in [0.3, 0.4) is 0 Å². The lowest BCUT2D eigenvalue weighted by Crippen LogP contribution is -2.30. The van der Waals surface area contributed by atoms with Crippen LogP contribution in [-0.2, 0) is 6.54 Å². The highest BCUT2D eigenvalue weighted by atomic mass is 32.1. The Morgan fingerprint density at radius 3 is 2.57 bits per heavy atom. The average Bonchev–Trinajstić information content (AvgIpc) is 3.15. The van der Waals surface area contributed by atoms with Crippen LogP contribution in [0.4, 0.5) is 5.13 Å². The summed E-state index contributed by atoms with van der Waals surface area (Å²) >= 11 is 1.48. The van der Waals surface area contributed by atoms with E-state index in [0.717, 1.165) is 32.8 Å². The SMILES string of the molecule is CCOc1ccc2nc(N(Cc3ccccn3)C(=O)c3cc(C)cc(C)c3)sc2c1. The number of thiazole rings is 1. The van der Waals surface area contributed by atoms with Crippen molar-refractivity contribution < 1.29 is 9.53 Å². The van der Waals surface area contributed by atoms with Crippen LogP contribution in [0.25, 0.3) is 10.2 Å². The molecule has 0 fully saturated rings. The Bertz CT molecular complexity index is 1170. The van der Waals surface area contributed by atoms with Crippen LogP contribution < -0.4 is 9.64 Å². The van der Waals surface area contributed by atoms with Crippen molar-refractivity contribution in [2.24, 2.45) is 0 Å². The molecule has 0 unspecified atom stereocenters. The molecule has 4 rings (SSSR count). The van der Waals surface area contributed by atoms with Crippen LogP contribution in [-0.4, -0.2) is 22.5 Å². The third-order valence-electron chi connectivity index (χ3n) is 4.65. The Hall–Kier alpha value is -3.25. The molecule has 6 heteroatoms. The van der Waals surface area contributed by atoms with Gasteiger partial charge in [0.15, 0.2) is 5.13 Å². The molecule has 152 valence electrons. The van der Waals surface area contributed by atoms with Crippen molar-refractivity contribution >= 4 is 32.6 Å². The number of pyridine rings is 1. The van der Waals surface area contributed by atoms with E-state index in [0.29, 0.717) is 23.8 Å². The molecule has 4 aromatic rings. The lowest BCUT2D eigenvalue weighted by molar-refractivity contribution is 0.0984. The van der Waals surface area contributed by atoms with Crippen molar-refractivity contribution in [1.82, 2.24) is 9.97 Å². The molecule has 0 bridgehead atoms. The van der Waals surface area contributed by atoms with E-state index in [9.17, 15) is 4.79 Å². The normalized spacial score (nSPS) is 10.9. The molecule has 5 nitrogen and oxygen atoms in total. The van der Waals surface area contributed by atoms with Crippen molar-refractivity contribution in [3.63, 3.8) is 0 Å². The predicted molar refractivity (Wildman–Crippen MR) is 121 cm³/mol. The maximum absolute atomic E-state index is 13.5. The third kappa shape index (κ3) is 4.33. The smallest absolute Gasteiger partial charge is 0.260 e. The van der Waals surface area contributed by atoms with E-state index in [1.54, 1.807) is 11.1 Å². The fourth-order valence-electron chi connectivity index (χ4n) is 3.40. The van der Waals surface area contributed by atoms with E-state index in [-0.39, 0.29) is 5.91 Å². The van der Waals surface area contributed by atoms with Crippen LogP contribution in [0.5, 0.6) is 5.75 Å². The minimum absolute atomic E-state index is 0.0865. The standard InChI is InChI=1S/C24H23N3O2S/c1-4-29-20-8-9-21-22(14-20)30-24(26-21)27(15-19-7-5-6-10-25-19)23(28)18-12-16(2)11-17(3)13-18/h5-14H,4,15H2,1-3H3. The number of carbonyl (C=O) groups excluding carboxylic acids is 1. The van der Waals surface area contributed by atoms with Crippen LogP contribution in [0.1, 0.15) is 34.1 Å². The number of anilines is 1. The minimum atomic E-state index is -0.0865. The third-order valence-corrected chi connectivity index (χ3v) is 5.69. The van der Waals surface area contributed by atoms with Crippen molar-refractivity contribution in [2.45, 2.75) is 27.3 Å². The van der Waals surface area contributed by atoms with Crippen LogP contribution in [0.15, 0.2) is 60.8 Å². The summed E-state index contributed by atoms with van der Waals surface area (Å²) in [6.07, 6.45) is 1.74. The van der Waals surface area contributed by atoms with Gasteiger partial charge in [0.1, 0.15) is 5.75 Å². The summed E-state index contributed by atoms with van der Waals surface area (Å²) in [6.45, 7) is 6.91. The fourth-order valence-corrected chi connectivity index (χ4v) is 4.39. The van der Waals surface area contributed by atoms with Crippen molar-refractivity contribution in [3.8, 4) is 5.75 Å². The van der Waals surface area contributed by atoms with Gasteiger partial charge in [-0.1, -0.05) is 34.6 Å². The fraction of sp³-hybridized carbons (Fsp3) is 0.208. The van der Waals surface area contributed by atoms with E-state index in [4.69, 9.17) is 9.72 Å². The first kappa shape index (κ1) is 20.0. The van der Waals surface area contributed by atoms with Gasteiger partial charge in [0, 0.05) is 11.8 Å². The van der Waals surface area contributed by atoms with Gasteiger partial charge in [0.05, 0.1) is 29.1 Å². The molecule has 0 aliphatic heterocycles. The topological polar surface area (TPSA) is 55.3 Å². The average molecular weight is 418 g/mol. The summed E-state index contributed by atoms with van der Waals surface area (Å²) in [4.78, 5) is 24.4. The Morgan fingerprint density at radius 1 is 1.07 bits per heavy atom. The second-order valence-corrected chi connectivity index (χ2v) is 8.16. The number of ether oxygens (including phenoxy) is 1. The number of nitrogens with zero attached hydrogens (tertiary/aromatic N) is 3. The number of hydrogen-bond acceptors (Lipinski definition) is 5. The largest absolute Gasteiger partial charge is 0.494 e. The van der Waals surface area contributed by atoms with Gasteiger partial charge in [-0.15, -0.1) is 0 Å². The molecule has 2 heterocycles. The number of benzene rings is 2. The van der Waals surface area contributed by atoms with E-state index in [1.807, 2.05) is 69.3 Å². The first-order valence-corrected chi connectivity index (χ1v) is 10.7. The number of aryl methyl sites for hydroxylation is 2. The second-order valence-electron chi connectivity index (χ2n) is 7.15. The quantitative estimate of drug-likeness (QED) is 0.412. The molecular weight excluding hydrogens is 394 g/mol. The molecule has 1 amide bonds. The summed E-state index contributed by atoms with van der Waals surface area (Å²) in [5, 5.41) is 0.647. The number of amides is 1. The van der Waals surface area contributed by atoms with Crippen LogP contribution >= 0.6 is 11.3 Å². The molecule has 2 aromatic carbocycles. The zero-order valence-electron chi connectivity index (χ0n) is 17.3. The Morgan fingerprint density at radius 2 is 1.87 bits per heavy atom. The van der Waals surface area contributed by atoms with Crippen LogP contribution in [0, 0.1) is 13.8 Å². The Balaban J connectivity index is 1.76. The molecule has 0 atom stereocenters. The molecular formula is C24H23N3O2S. The Labute approximate surface area is 180 Å². The van der Waals surface area contributed by atoms with Crippen LogP contribution in [0.2, 0.25) is 0 Å². The van der Waals surface area contributed by atoms with Gasteiger partial charge in [-0.3, -0.25) is 14.7 Å². The highest BCUT2D eigenvalue weighted by molar-refractivity contribution is 7.22. The molecule has 0 radical (unpaired) electrons. The van der Waals surface area contributed by atoms with Gasteiger partial charge in [0.2, 0.25) is 0 Å². The maximum atomic E-state index is 13.5. The molecule has 30 heavy (non-hydrogen) atoms. The van der Waals surface area contributed by atoms with Gasteiger partial charge in [-0.2, -0.15) is 0 Å². The van der Waals surface area contributed by atoms with E-state index >= 15 is 0 Å². The van der Waals surface area contributed by atoms with Crippen molar-refractivity contribution in [3.05, 3.63) is 83.2 Å². The zero-order chi connectivity index (χ0) is 21.1. The van der Waals surface area contributed by atoms with E-state index < -0.39 is 0 Å². The number of carbonyl (C=O) groups is 1. The molecule has 0 aliphatic rings. The monoisotopic (exact) mass is 417 g/mol. The highest BCUT2D eigenvalue weighted by Gasteiger charge is 2.23. The number of hydrogen-bond donors (Lipinski definition) is 0. The molecule has 0 N–H and O–H groups in total. The zero-order valence-corrected chi connectivity index (χ0v) is 18.1. The maximum Gasteiger partial charge on any atom is 0.260 e. The summed E-state index contributed by atoms with van der Waals surface area (Å²) in [6, 6.07) is 17.4. The number of rotatable bonds is 6. The highest BCUT2D eigenvalue weighted by Crippen LogP contribution is 2.33. The van der Waals surface area contributed by atoms with E-state index in [1.165, 1.54) is 11.3 Å². The summed E-state index contributed by atoms with van der Waals surface area (Å²) < 4.78 is 6.59. The first-order chi connectivity index (χ1) is 14.5. The lowest BCUT2D eigenvalue weighted by Gasteiger charge is -2.20. The number of aromatic nitrogens is 2. The van der Waals surface area contributed by atoms with Gasteiger partial charge in [-0.25, -0.2) is 4.98 Å². The van der Waals surface area contributed by atoms with Gasteiger partial charge in [-0.05, 0) is 63.2 Å².